The number of thiophene rings is 1. The molecule has 2 aromatic heterocycles. The lowest BCUT2D eigenvalue weighted by Crippen LogP contribution is -2.26. The van der Waals surface area contributed by atoms with Crippen LogP contribution in [0, 0.1) is 22.7 Å². The van der Waals surface area contributed by atoms with E-state index in [1.165, 1.54) is 53.5 Å². The molecule has 1 amide bonds. The molecule has 1 N–H and O–H groups in total. The molecular weight excluding hydrogens is 502 g/mol. The van der Waals surface area contributed by atoms with Gasteiger partial charge in [-0.1, -0.05) is 33.6 Å². The van der Waals surface area contributed by atoms with E-state index in [1.54, 1.807) is 0 Å². The fourth-order valence-corrected chi connectivity index (χ4v) is 7.57. The topological polar surface area (TPSA) is 92.1 Å². The number of esters is 1. The molecule has 198 valence electrons. The van der Waals surface area contributed by atoms with Crippen molar-refractivity contribution in [2.75, 3.05) is 18.2 Å². The monoisotopic (exact) mass is 539 g/mol. The molecule has 2 aliphatic rings. The van der Waals surface area contributed by atoms with E-state index >= 15 is 0 Å². The van der Waals surface area contributed by atoms with Crippen LogP contribution in [0.3, 0.4) is 0 Å². The molecule has 0 saturated heterocycles. The van der Waals surface area contributed by atoms with Crippen molar-refractivity contribution in [3.8, 4) is 6.07 Å². The molecular formula is C29H37N3O3S2. The Morgan fingerprint density at radius 3 is 2.68 bits per heavy atom. The van der Waals surface area contributed by atoms with Gasteiger partial charge in [0, 0.05) is 22.7 Å². The minimum Gasteiger partial charge on any atom is -0.465 e. The van der Waals surface area contributed by atoms with E-state index in [0.717, 1.165) is 56.2 Å². The van der Waals surface area contributed by atoms with Crippen molar-refractivity contribution >= 4 is 40.0 Å². The number of fused-ring (bicyclic) bond motifs is 2. The molecule has 6 nitrogen and oxygen atoms in total. The molecule has 37 heavy (non-hydrogen) atoms. The summed E-state index contributed by atoms with van der Waals surface area (Å²) in [4.78, 5) is 31.6. The normalized spacial score (nSPS) is 17.5. The second-order valence-corrected chi connectivity index (χ2v) is 13.3. The second kappa shape index (κ2) is 12.0. The summed E-state index contributed by atoms with van der Waals surface area (Å²) in [5.74, 6) is 0.515. The van der Waals surface area contributed by atoms with Crippen molar-refractivity contribution in [3.05, 3.63) is 38.9 Å². The Balaban J connectivity index is 1.43. The number of anilines is 1. The summed E-state index contributed by atoms with van der Waals surface area (Å²) in [6, 6.07) is 4.29. The van der Waals surface area contributed by atoms with Crippen molar-refractivity contribution in [3.63, 3.8) is 0 Å². The first-order chi connectivity index (χ1) is 17.7. The lowest BCUT2D eigenvalue weighted by Gasteiger charge is -2.33. The number of aromatic nitrogens is 1. The molecule has 0 spiro atoms. The van der Waals surface area contributed by atoms with E-state index in [0.29, 0.717) is 32.8 Å². The van der Waals surface area contributed by atoms with Gasteiger partial charge in [-0.15, -0.1) is 23.1 Å². The second-order valence-electron chi connectivity index (χ2n) is 11.1. The number of hydrogen-bond donors (Lipinski definition) is 1. The highest BCUT2D eigenvalue weighted by Crippen LogP contribution is 2.44. The van der Waals surface area contributed by atoms with Gasteiger partial charge >= 0.3 is 5.97 Å². The first kappa shape index (κ1) is 27.7. The van der Waals surface area contributed by atoms with Gasteiger partial charge in [0.2, 0.25) is 5.91 Å². The summed E-state index contributed by atoms with van der Waals surface area (Å²) in [6.45, 7) is 6.78. The maximum absolute atomic E-state index is 12.9. The number of aryl methyl sites for hydroxylation is 2. The largest absolute Gasteiger partial charge is 0.465 e. The van der Waals surface area contributed by atoms with E-state index in [4.69, 9.17) is 9.72 Å². The standard InChI is InChI=1S/C29H37N3O3S2/c1-29(2,3)20-11-12-21-23(16-20)37-27(25(21)28(34)35-4)32-24(33)13-14-36-26-19(17-30)15-18-9-7-5-6-8-10-22(18)31-26/h15,20H,5-14,16H2,1-4H3,(H,32,33). The number of carbonyl (C=O) groups is 2. The predicted octanol–water partition coefficient (Wildman–Crippen LogP) is 6.73. The van der Waals surface area contributed by atoms with Crippen molar-refractivity contribution < 1.29 is 14.3 Å². The van der Waals surface area contributed by atoms with Gasteiger partial charge < -0.3 is 10.1 Å². The molecule has 2 heterocycles. The van der Waals surface area contributed by atoms with Gasteiger partial charge in [-0.25, -0.2) is 9.78 Å². The molecule has 0 fully saturated rings. The molecule has 4 rings (SSSR count). The molecule has 0 saturated carbocycles. The first-order valence-corrected chi connectivity index (χ1v) is 15.1. The minimum absolute atomic E-state index is 0.145. The third-order valence-electron chi connectivity index (χ3n) is 7.59. The number of thioether (sulfide) groups is 1. The number of hydrogen-bond acceptors (Lipinski definition) is 7. The van der Waals surface area contributed by atoms with Gasteiger partial charge in [-0.05, 0) is 73.5 Å². The summed E-state index contributed by atoms with van der Waals surface area (Å²) in [5, 5.41) is 14.0. The first-order valence-electron chi connectivity index (χ1n) is 13.3. The molecule has 1 atom stereocenters. The van der Waals surface area contributed by atoms with Crippen LogP contribution in [0.1, 0.15) is 96.9 Å². The van der Waals surface area contributed by atoms with Crippen LogP contribution in [0.5, 0.6) is 0 Å². The number of nitrogens with zero attached hydrogens (tertiary/aromatic N) is 2. The van der Waals surface area contributed by atoms with E-state index in [-0.39, 0.29) is 23.7 Å². The molecule has 0 aliphatic heterocycles. The van der Waals surface area contributed by atoms with Gasteiger partial charge in [0.15, 0.2) is 0 Å². The molecule has 0 bridgehead atoms. The average Bonchev–Trinajstić information content (AvgIpc) is 3.20. The fraction of sp³-hybridized carbons (Fsp3) is 0.586. The van der Waals surface area contributed by atoms with E-state index in [9.17, 15) is 14.9 Å². The van der Waals surface area contributed by atoms with Gasteiger partial charge in [0.05, 0.1) is 18.2 Å². The Morgan fingerprint density at radius 2 is 1.97 bits per heavy atom. The summed E-state index contributed by atoms with van der Waals surface area (Å²) < 4.78 is 5.08. The van der Waals surface area contributed by atoms with Crippen LogP contribution in [0.15, 0.2) is 11.1 Å². The van der Waals surface area contributed by atoms with Gasteiger partial charge in [0.25, 0.3) is 0 Å². The van der Waals surface area contributed by atoms with Crippen LogP contribution in [-0.4, -0.2) is 29.7 Å². The summed E-state index contributed by atoms with van der Waals surface area (Å²) in [5.41, 5.74) is 4.64. The summed E-state index contributed by atoms with van der Waals surface area (Å²) in [6.07, 6.45) is 9.68. The highest BCUT2D eigenvalue weighted by atomic mass is 32.2. The number of methoxy groups -OCH3 is 1. The number of nitrogens with one attached hydrogen (secondary N) is 1. The van der Waals surface area contributed by atoms with E-state index in [2.05, 4.69) is 32.2 Å². The van der Waals surface area contributed by atoms with Gasteiger partial charge in [-0.2, -0.15) is 5.26 Å². The highest BCUT2D eigenvalue weighted by molar-refractivity contribution is 7.99. The third kappa shape index (κ3) is 6.56. The average molecular weight is 540 g/mol. The number of nitriles is 1. The third-order valence-corrected chi connectivity index (χ3v) is 9.75. The van der Waals surface area contributed by atoms with Crippen LogP contribution in [0.25, 0.3) is 0 Å². The van der Waals surface area contributed by atoms with Crippen molar-refractivity contribution in [2.45, 2.75) is 90.0 Å². The van der Waals surface area contributed by atoms with Gasteiger partial charge in [-0.3, -0.25) is 4.79 Å². The van der Waals surface area contributed by atoms with Crippen LogP contribution in [0.2, 0.25) is 0 Å². The molecule has 0 aromatic carbocycles. The Labute approximate surface area is 228 Å². The molecule has 2 aromatic rings. The predicted molar refractivity (Wildman–Crippen MR) is 149 cm³/mol. The van der Waals surface area contributed by atoms with Crippen LogP contribution in [-0.2, 0) is 35.2 Å². The molecule has 2 aliphatic carbocycles. The maximum atomic E-state index is 12.9. The summed E-state index contributed by atoms with van der Waals surface area (Å²) >= 11 is 2.97. The zero-order chi connectivity index (χ0) is 26.6. The molecule has 8 heteroatoms. The van der Waals surface area contributed by atoms with Crippen LogP contribution in [0.4, 0.5) is 5.00 Å². The summed E-state index contributed by atoms with van der Waals surface area (Å²) in [7, 11) is 1.39. The molecule has 1 unspecified atom stereocenters. The van der Waals surface area contributed by atoms with E-state index < -0.39 is 0 Å². The number of rotatable bonds is 6. The maximum Gasteiger partial charge on any atom is 0.341 e. The fourth-order valence-electron chi connectivity index (χ4n) is 5.32. The van der Waals surface area contributed by atoms with Gasteiger partial charge in [0.1, 0.15) is 16.1 Å². The number of ether oxygens (including phenoxy) is 1. The zero-order valence-electron chi connectivity index (χ0n) is 22.4. The number of pyridine rings is 1. The van der Waals surface area contributed by atoms with Crippen molar-refractivity contribution in [1.82, 2.24) is 4.98 Å². The quantitative estimate of drug-likeness (QED) is 0.323. The Hall–Kier alpha value is -2.37. The van der Waals surface area contributed by atoms with Crippen molar-refractivity contribution in [1.29, 1.82) is 5.26 Å². The minimum atomic E-state index is -0.389. The van der Waals surface area contributed by atoms with Crippen LogP contribution < -0.4 is 5.32 Å². The Morgan fingerprint density at radius 1 is 1.22 bits per heavy atom. The van der Waals surface area contributed by atoms with Crippen molar-refractivity contribution in [2.24, 2.45) is 11.3 Å². The smallest absolute Gasteiger partial charge is 0.341 e. The Bertz CT molecular complexity index is 1210. The van der Waals surface area contributed by atoms with E-state index in [1.807, 2.05) is 6.07 Å². The SMILES string of the molecule is COC(=O)c1c(NC(=O)CCSc2nc3c(cc2C#N)CCCCCC3)sc2c1CCC(C(C)(C)C)C2. The zero-order valence-corrected chi connectivity index (χ0v) is 24.0. The number of carbonyl (C=O) groups excluding carboxylic acids is 2. The molecule has 0 radical (unpaired) electrons. The Kier molecular flexibility index (Phi) is 8.97. The van der Waals surface area contributed by atoms with Crippen LogP contribution >= 0.6 is 23.1 Å². The lowest BCUT2D eigenvalue weighted by atomic mass is 9.72. The highest BCUT2D eigenvalue weighted by Gasteiger charge is 2.34. The lowest BCUT2D eigenvalue weighted by molar-refractivity contribution is -0.115. The number of amides is 1.